The van der Waals surface area contributed by atoms with Gasteiger partial charge in [-0.15, -0.1) is 0 Å². The van der Waals surface area contributed by atoms with Crippen LogP contribution < -0.4 is 21.1 Å². The molecule has 0 saturated carbocycles. The zero-order chi connectivity index (χ0) is 18.6. The van der Waals surface area contributed by atoms with Crippen LogP contribution >= 0.6 is 0 Å². The molecule has 0 unspecified atom stereocenters. The fourth-order valence-electron chi connectivity index (χ4n) is 2.61. The maximum absolute atomic E-state index is 12.0. The van der Waals surface area contributed by atoms with Crippen molar-refractivity contribution in [2.45, 2.75) is 6.42 Å². The monoisotopic (exact) mass is 363 g/mol. The minimum Gasteiger partial charge on any atom is -0.497 e. The normalized spacial score (nSPS) is 15.5. The van der Waals surface area contributed by atoms with Crippen LogP contribution in [0.1, 0.15) is 16.8 Å². The van der Waals surface area contributed by atoms with E-state index in [4.69, 9.17) is 15.2 Å². The van der Waals surface area contributed by atoms with Crippen LogP contribution in [0.15, 0.2) is 29.3 Å². The highest BCUT2D eigenvalue weighted by Gasteiger charge is 2.09. The molecule has 1 fully saturated rings. The van der Waals surface area contributed by atoms with Crippen molar-refractivity contribution in [3.05, 3.63) is 29.8 Å². The van der Waals surface area contributed by atoms with Crippen molar-refractivity contribution in [3.8, 4) is 5.75 Å². The van der Waals surface area contributed by atoms with Crippen LogP contribution in [0.3, 0.4) is 0 Å². The summed E-state index contributed by atoms with van der Waals surface area (Å²) < 4.78 is 10.4. The first-order valence-electron chi connectivity index (χ1n) is 8.95. The van der Waals surface area contributed by atoms with Gasteiger partial charge in [-0.2, -0.15) is 0 Å². The summed E-state index contributed by atoms with van der Waals surface area (Å²) in [4.78, 5) is 18.7. The van der Waals surface area contributed by atoms with Crippen LogP contribution in [-0.4, -0.2) is 76.4 Å². The third kappa shape index (κ3) is 7.28. The van der Waals surface area contributed by atoms with Crippen molar-refractivity contribution in [1.29, 1.82) is 0 Å². The summed E-state index contributed by atoms with van der Waals surface area (Å²) in [5.41, 5.74) is 6.40. The second kappa shape index (κ2) is 11.3. The lowest BCUT2D eigenvalue weighted by Gasteiger charge is -2.26. The number of rotatable bonds is 9. The molecule has 1 aliphatic heterocycles. The highest BCUT2D eigenvalue weighted by molar-refractivity contribution is 5.94. The lowest BCUT2D eigenvalue weighted by molar-refractivity contribution is 0.0377. The van der Waals surface area contributed by atoms with Gasteiger partial charge in [0.25, 0.3) is 5.91 Å². The average molecular weight is 363 g/mol. The van der Waals surface area contributed by atoms with Crippen LogP contribution in [0, 0.1) is 0 Å². The lowest BCUT2D eigenvalue weighted by Crippen LogP contribution is -2.39. The van der Waals surface area contributed by atoms with E-state index in [0.717, 1.165) is 39.3 Å². The lowest BCUT2D eigenvalue weighted by atomic mass is 10.2. The van der Waals surface area contributed by atoms with Crippen LogP contribution in [-0.2, 0) is 4.74 Å². The Morgan fingerprint density at radius 2 is 2.08 bits per heavy atom. The number of aliphatic imine (C=N–C) groups is 1. The highest BCUT2D eigenvalue weighted by atomic mass is 16.5. The quantitative estimate of drug-likeness (QED) is 0.326. The molecule has 0 spiro atoms. The van der Waals surface area contributed by atoms with E-state index < -0.39 is 0 Å². The smallest absolute Gasteiger partial charge is 0.251 e. The van der Waals surface area contributed by atoms with Gasteiger partial charge in [-0.3, -0.25) is 14.7 Å². The second-order valence-electron chi connectivity index (χ2n) is 5.99. The molecule has 8 nitrogen and oxygen atoms in total. The number of nitrogens with one attached hydrogen (secondary N) is 2. The van der Waals surface area contributed by atoms with E-state index in [-0.39, 0.29) is 5.91 Å². The summed E-state index contributed by atoms with van der Waals surface area (Å²) in [6.07, 6.45) is 0.967. The maximum Gasteiger partial charge on any atom is 0.251 e. The fourth-order valence-corrected chi connectivity index (χ4v) is 2.61. The Labute approximate surface area is 154 Å². The van der Waals surface area contributed by atoms with E-state index in [1.165, 1.54) is 0 Å². The third-order valence-corrected chi connectivity index (χ3v) is 4.07. The number of carbonyl (C=O) groups excluding carboxylic acids is 1. The van der Waals surface area contributed by atoms with Gasteiger partial charge in [-0.1, -0.05) is 6.07 Å². The van der Waals surface area contributed by atoms with Crippen molar-refractivity contribution in [2.75, 3.05) is 59.6 Å². The number of ether oxygens (including phenoxy) is 2. The second-order valence-corrected chi connectivity index (χ2v) is 5.99. The van der Waals surface area contributed by atoms with Crippen LogP contribution in [0.25, 0.3) is 0 Å². The summed E-state index contributed by atoms with van der Waals surface area (Å²) >= 11 is 0. The maximum atomic E-state index is 12.0. The predicted molar refractivity (Wildman–Crippen MR) is 102 cm³/mol. The summed E-state index contributed by atoms with van der Waals surface area (Å²) in [5, 5.41) is 5.84. The summed E-state index contributed by atoms with van der Waals surface area (Å²) in [5.74, 6) is 0.915. The highest BCUT2D eigenvalue weighted by Crippen LogP contribution is 2.12. The van der Waals surface area contributed by atoms with Gasteiger partial charge < -0.3 is 25.8 Å². The number of hydrogen-bond donors (Lipinski definition) is 3. The van der Waals surface area contributed by atoms with Gasteiger partial charge >= 0.3 is 0 Å². The Morgan fingerprint density at radius 3 is 2.85 bits per heavy atom. The molecule has 0 atom stereocenters. The number of guanidine groups is 1. The van der Waals surface area contributed by atoms with Crippen LogP contribution in [0.2, 0.25) is 0 Å². The Kier molecular flexibility index (Phi) is 8.71. The zero-order valence-corrected chi connectivity index (χ0v) is 15.4. The van der Waals surface area contributed by atoms with Crippen LogP contribution in [0.5, 0.6) is 5.75 Å². The van der Waals surface area contributed by atoms with E-state index in [0.29, 0.717) is 36.9 Å². The molecule has 0 radical (unpaired) electrons. The molecule has 0 aliphatic carbocycles. The molecule has 1 aromatic carbocycles. The molecular formula is C18H29N5O3. The standard InChI is InChI=1S/C18H29N5O3/c1-25-16-5-2-4-15(14-16)17(24)20-7-8-22-18(19)21-6-3-9-23-10-12-26-13-11-23/h2,4-5,14H,3,6-13H2,1H3,(H,20,24)(H3,19,21,22). The van der Waals surface area contributed by atoms with Crippen molar-refractivity contribution in [3.63, 3.8) is 0 Å². The van der Waals surface area contributed by atoms with E-state index in [1.54, 1.807) is 31.4 Å². The van der Waals surface area contributed by atoms with Gasteiger partial charge in [0.2, 0.25) is 0 Å². The summed E-state index contributed by atoms with van der Waals surface area (Å²) in [6.45, 7) is 6.29. The van der Waals surface area contributed by atoms with E-state index in [2.05, 4.69) is 20.5 Å². The topological polar surface area (TPSA) is 101 Å². The number of methoxy groups -OCH3 is 1. The number of nitrogens with two attached hydrogens (primary N) is 1. The van der Waals surface area contributed by atoms with Gasteiger partial charge in [-0.25, -0.2) is 0 Å². The fraction of sp³-hybridized carbons (Fsp3) is 0.556. The molecule has 0 aromatic heterocycles. The van der Waals surface area contributed by atoms with Gasteiger partial charge in [0.15, 0.2) is 5.96 Å². The number of benzene rings is 1. The van der Waals surface area contributed by atoms with Crippen molar-refractivity contribution in [1.82, 2.24) is 15.5 Å². The van der Waals surface area contributed by atoms with E-state index in [1.807, 2.05) is 0 Å². The number of morpholine rings is 1. The number of nitrogens with zero attached hydrogens (tertiary/aromatic N) is 2. The minimum absolute atomic E-state index is 0.147. The molecule has 1 heterocycles. The van der Waals surface area contributed by atoms with Crippen molar-refractivity contribution >= 4 is 11.9 Å². The van der Waals surface area contributed by atoms with E-state index in [9.17, 15) is 4.79 Å². The largest absolute Gasteiger partial charge is 0.497 e. The molecule has 1 aliphatic rings. The minimum atomic E-state index is -0.147. The molecule has 2 rings (SSSR count). The summed E-state index contributed by atoms with van der Waals surface area (Å²) in [6, 6.07) is 7.03. The third-order valence-electron chi connectivity index (χ3n) is 4.07. The van der Waals surface area contributed by atoms with E-state index >= 15 is 0 Å². The SMILES string of the molecule is COc1cccc(C(=O)NCCNC(N)=NCCCN2CCOCC2)c1. The first kappa shape index (κ1) is 20.0. The van der Waals surface area contributed by atoms with Gasteiger partial charge in [0.05, 0.1) is 20.3 Å². The molecule has 1 saturated heterocycles. The average Bonchev–Trinajstić information content (AvgIpc) is 2.69. The Morgan fingerprint density at radius 1 is 1.31 bits per heavy atom. The zero-order valence-electron chi connectivity index (χ0n) is 15.4. The predicted octanol–water partition coefficient (Wildman–Crippen LogP) is 0.0516. The molecule has 26 heavy (non-hydrogen) atoms. The summed E-state index contributed by atoms with van der Waals surface area (Å²) in [7, 11) is 1.57. The van der Waals surface area contributed by atoms with Crippen molar-refractivity contribution < 1.29 is 14.3 Å². The molecule has 4 N–H and O–H groups in total. The van der Waals surface area contributed by atoms with Crippen molar-refractivity contribution in [2.24, 2.45) is 10.7 Å². The Bertz CT molecular complexity index is 588. The van der Waals surface area contributed by atoms with Gasteiger partial charge in [0.1, 0.15) is 5.75 Å². The Hall–Kier alpha value is -2.32. The molecule has 1 amide bonds. The molecule has 0 bridgehead atoms. The first-order valence-corrected chi connectivity index (χ1v) is 8.95. The number of amides is 1. The number of carbonyl (C=O) groups is 1. The first-order chi connectivity index (χ1) is 12.7. The number of hydrogen-bond acceptors (Lipinski definition) is 5. The molecule has 8 heteroatoms. The molecular weight excluding hydrogens is 334 g/mol. The van der Waals surface area contributed by atoms with Gasteiger partial charge in [0, 0.05) is 44.8 Å². The van der Waals surface area contributed by atoms with Crippen LogP contribution in [0.4, 0.5) is 0 Å². The molecule has 144 valence electrons. The Balaban J connectivity index is 1.57. The van der Waals surface area contributed by atoms with Gasteiger partial charge in [-0.05, 0) is 24.6 Å². The molecule has 1 aromatic rings.